The quantitative estimate of drug-likeness (QED) is 0.623. The van der Waals surface area contributed by atoms with Crippen LogP contribution < -0.4 is 15.8 Å². The lowest BCUT2D eigenvalue weighted by molar-refractivity contribution is 0.0697. The number of rotatable bonds is 6. The lowest BCUT2D eigenvalue weighted by atomic mass is 10.2. The number of nitrogens with zero attached hydrogens (tertiary/aromatic N) is 2. The summed E-state index contributed by atoms with van der Waals surface area (Å²) in [6.45, 7) is 2.52. The van der Waals surface area contributed by atoms with E-state index in [1.54, 1.807) is 18.2 Å². The number of hydrogen-bond donors (Lipinski definition) is 3. The molecule has 0 aliphatic heterocycles. The number of nitrogen functional groups attached to an aromatic ring is 1. The highest BCUT2D eigenvalue weighted by Gasteiger charge is 2.08. The molecule has 3 aromatic rings. The van der Waals surface area contributed by atoms with Gasteiger partial charge >= 0.3 is 5.97 Å². The number of hydrogen-bond acceptors (Lipinski definition) is 6. The Morgan fingerprint density at radius 1 is 1.15 bits per heavy atom. The van der Waals surface area contributed by atoms with Crippen LogP contribution >= 0.6 is 0 Å². The molecule has 2 aromatic carbocycles. The van der Waals surface area contributed by atoms with E-state index in [0.29, 0.717) is 29.8 Å². The number of aromatic nitrogens is 2. The highest BCUT2D eigenvalue weighted by atomic mass is 16.5. The number of anilines is 3. The van der Waals surface area contributed by atoms with Gasteiger partial charge in [0.05, 0.1) is 12.2 Å². The van der Waals surface area contributed by atoms with Crippen molar-refractivity contribution < 1.29 is 14.6 Å². The fraction of sp³-hybridized carbons (Fsp3) is 0.105. The Kier molecular flexibility index (Phi) is 4.98. The first-order chi connectivity index (χ1) is 12.5. The molecule has 7 heteroatoms. The van der Waals surface area contributed by atoms with Crippen LogP contribution in [0.25, 0.3) is 11.4 Å². The minimum Gasteiger partial charge on any atom is -0.494 e. The van der Waals surface area contributed by atoms with Crippen LogP contribution in [-0.2, 0) is 0 Å². The summed E-state index contributed by atoms with van der Waals surface area (Å²) in [5, 5.41) is 12.2. The number of ether oxygens (including phenoxy) is 1. The summed E-state index contributed by atoms with van der Waals surface area (Å²) in [7, 11) is 0. The van der Waals surface area contributed by atoms with Gasteiger partial charge in [-0.1, -0.05) is 6.07 Å². The van der Waals surface area contributed by atoms with Gasteiger partial charge in [-0.05, 0) is 49.4 Å². The van der Waals surface area contributed by atoms with Crippen molar-refractivity contribution in [2.45, 2.75) is 6.92 Å². The average molecular weight is 350 g/mol. The molecule has 0 amide bonds. The molecule has 0 saturated heterocycles. The van der Waals surface area contributed by atoms with Gasteiger partial charge in [-0.3, -0.25) is 0 Å². The Balaban J connectivity index is 1.88. The van der Waals surface area contributed by atoms with Gasteiger partial charge in [0.25, 0.3) is 0 Å². The van der Waals surface area contributed by atoms with Gasteiger partial charge in [0.15, 0.2) is 5.82 Å². The third-order valence-corrected chi connectivity index (χ3v) is 3.55. The first kappa shape index (κ1) is 17.2. The van der Waals surface area contributed by atoms with Crippen molar-refractivity contribution >= 4 is 23.3 Å². The van der Waals surface area contributed by atoms with Crippen molar-refractivity contribution in [3.05, 3.63) is 60.2 Å². The minimum absolute atomic E-state index is 0.184. The van der Waals surface area contributed by atoms with E-state index in [0.717, 1.165) is 11.3 Å². The maximum atomic E-state index is 11.1. The summed E-state index contributed by atoms with van der Waals surface area (Å²) in [5.41, 5.74) is 7.47. The number of carboxylic acids is 1. The monoisotopic (exact) mass is 350 g/mol. The standard InChI is InChI=1S/C19H18N4O3/c1-2-26-15-8-6-12(7-9-15)18-22-16(20)11-17(23-18)21-14-5-3-4-13(10-14)19(24)25/h3-11H,2H2,1H3,(H,24,25)(H3,20,21,22,23). The van der Waals surface area contributed by atoms with Crippen LogP contribution in [0.4, 0.5) is 17.3 Å². The first-order valence-corrected chi connectivity index (χ1v) is 8.03. The fourth-order valence-electron chi connectivity index (χ4n) is 2.40. The number of nitrogens with one attached hydrogen (secondary N) is 1. The van der Waals surface area contributed by atoms with E-state index in [-0.39, 0.29) is 5.56 Å². The predicted octanol–water partition coefficient (Wildman–Crippen LogP) is 3.57. The van der Waals surface area contributed by atoms with E-state index < -0.39 is 5.97 Å². The zero-order valence-electron chi connectivity index (χ0n) is 14.1. The van der Waals surface area contributed by atoms with E-state index in [9.17, 15) is 4.79 Å². The van der Waals surface area contributed by atoms with Crippen molar-refractivity contribution in [3.63, 3.8) is 0 Å². The minimum atomic E-state index is -0.995. The van der Waals surface area contributed by atoms with Crippen molar-refractivity contribution in [1.29, 1.82) is 0 Å². The van der Waals surface area contributed by atoms with Crippen LogP contribution in [0.15, 0.2) is 54.6 Å². The third kappa shape index (κ3) is 4.07. The zero-order chi connectivity index (χ0) is 18.5. The largest absolute Gasteiger partial charge is 0.494 e. The first-order valence-electron chi connectivity index (χ1n) is 8.03. The molecule has 7 nitrogen and oxygen atoms in total. The van der Waals surface area contributed by atoms with Gasteiger partial charge in [-0.25, -0.2) is 14.8 Å². The second-order valence-electron chi connectivity index (χ2n) is 5.47. The molecule has 1 heterocycles. The van der Waals surface area contributed by atoms with Crippen molar-refractivity contribution in [1.82, 2.24) is 9.97 Å². The number of nitrogens with two attached hydrogens (primary N) is 1. The van der Waals surface area contributed by atoms with Crippen LogP contribution in [0.1, 0.15) is 17.3 Å². The molecule has 1 aromatic heterocycles. The van der Waals surface area contributed by atoms with E-state index in [2.05, 4.69) is 15.3 Å². The summed E-state index contributed by atoms with van der Waals surface area (Å²) in [6, 6.07) is 15.4. The fourth-order valence-corrected chi connectivity index (χ4v) is 2.40. The Hall–Kier alpha value is -3.61. The Labute approximate surface area is 150 Å². The van der Waals surface area contributed by atoms with Crippen molar-refractivity contribution in [2.75, 3.05) is 17.7 Å². The predicted molar refractivity (Wildman–Crippen MR) is 99.7 cm³/mol. The molecule has 0 spiro atoms. The van der Waals surface area contributed by atoms with Crippen molar-refractivity contribution in [3.8, 4) is 17.1 Å². The van der Waals surface area contributed by atoms with E-state index in [1.807, 2.05) is 31.2 Å². The molecule has 132 valence electrons. The van der Waals surface area contributed by atoms with Gasteiger partial charge in [-0.15, -0.1) is 0 Å². The second kappa shape index (κ2) is 7.52. The number of aromatic carboxylic acids is 1. The number of carbonyl (C=O) groups is 1. The van der Waals surface area contributed by atoms with Gasteiger partial charge in [0, 0.05) is 17.3 Å². The Bertz CT molecular complexity index is 926. The SMILES string of the molecule is CCOc1ccc(-c2nc(N)cc(Nc3cccc(C(=O)O)c3)n2)cc1. The van der Waals surface area contributed by atoms with Crippen LogP contribution in [0.3, 0.4) is 0 Å². The van der Waals surface area contributed by atoms with Gasteiger partial charge < -0.3 is 20.9 Å². The number of benzene rings is 2. The molecule has 0 atom stereocenters. The molecular weight excluding hydrogens is 332 g/mol. The third-order valence-electron chi connectivity index (χ3n) is 3.55. The van der Waals surface area contributed by atoms with Crippen LogP contribution in [0, 0.1) is 0 Å². The summed E-state index contributed by atoms with van der Waals surface area (Å²) < 4.78 is 5.43. The molecule has 0 bridgehead atoms. The summed E-state index contributed by atoms with van der Waals surface area (Å²) in [4.78, 5) is 19.8. The Morgan fingerprint density at radius 3 is 2.62 bits per heavy atom. The molecule has 0 radical (unpaired) electrons. The maximum Gasteiger partial charge on any atom is 0.335 e. The van der Waals surface area contributed by atoms with Crippen LogP contribution in [-0.4, -0.2) is 27.7 Å². The van der Waals surface area contributed by atoms with Gasteiger partial charge in [-0.2, -0.15) is 0 Å². The van der Waals surface area contributed by atoms with E-state index in [1.165, 1.54) is 12.1 Å². The smallest absolute Gasteiger partial charge is 0.335 e. The Morgan fingerprint density at radius 2 is 1.92 bits per heavy atom. The lowest BCUT2D eigenvalue weighted by Crippen LogP contribution is -2.02. The number of carboxylic acid groups (broad SMARTS) is 1. The zero-order valence-corrected chi connectivity index (χ0v) is 14.1. The van der Waals surface area contributed by atoms with Gasteiger partial charge in [0.2, 0.25) is 0 Å². The molecule has 4 N–H and O–H groups in total. The van der Waals surface area contributed by atoms with Gasteiger partial charge in [0.1, 0.15) is 17.4 Å². The van der Waals surface area contributed by atoms with E-state index >= 15 is 0 Å². The van der Waals surface area contributed by atoms with Crippen molar-refractivity contribution in [2.24, 2.45) is 0 Å². The molecule has 26 heavy (non-hydrogen) atoms. The highest BCUT2D eigenvalue weighted by molar-refractivity contribution is 5.89. The molecule has 0 aliphatic rings. The van der Waals surface area contributed by atoms with Crippen LogP contribution in [0.5, 0.6) is 5.75 Å². The topological polar surface area (TPSA) is 110 Å². The molecule has 3 rings (SSSR count). The van der Waals surface area contributed by atoms with E-state index in [4.69, 9.17) is 15.6 Å². The molecule has 0 saturated carbocycles. The molecular formula is C19H18N4O3. The highest BCUT2D eigenvalue weighted by Crippen LogP contribution is 2.24. The summed E-state index contributed by atoms with van der Waals surface area (Å²) >= 11 is 0. The molecule has 0 fully saturated rings. The lowest BCUT2D eigenvalue weighted by Gasteiger charge is -2.10. The summed E-state index contributed by atoms with van der Waals surface area (Å²) in [6.07, 6.45) is 0. The molecule has 0 unspecified atom stereocenters. The summed E-state index contributed by atoms with van der Waals surface area (Å²) in [5.74, 6) is 1.02. The normalized spacial score (nSPS) is 10.3. The molecule has 0 aliphatic carbocycles. The average Bonchev–Trinajstić information content (AvgIpc) is 2.62. The maximum absolute atomic E-state index is 11.1. The van der Waals surface area contributed by atoms with Crippen LogP contribution in [0.2, 0.25) is 0 Å². The second-order valence-corrected chi connectivity index (χ2v) is 5.47.